The average Bonchev–Trinajstić information content (AvgIpc) is 3.21. The van der Waals surface area contributed by atoms with Gasteiger partial charge in [-0.25, -0.2) is 0 Å². The highest BCUT2D eigenvalue weighted by Gasteiger charge is 2.20. The summed E-state index contributed by atoms with van der Waals surface area (Å²) in [6, 6.07) is 13.7. The number of Topliss-reactive ketones (excluding diaryl/α,β-unsaturated/α-hetero) is 1. The number of benzene rings is 2. The van der Waals surface area contributed by atoms with Gasteiger partial charge in [0.1, 0.15) is 0 Å². The second-order valence-electron chi connectivity index (χ2n) is 7.10. The van der Waals surface area contributed by atoms with Crippen molar-refractivity contribution in [1.82, 2.24) is 14.8 Å². The molecule has 0 aliphatic heterocycles. The second-order valence-corrected chi connectivity index (χ2v) is 8.48. The molecule has 0 aliphatic carbocycles. The van der Waals surface area contributed by atoms with Crippen LogP contribution in [-0.4, -0.2) is 44.3 Å². The van der Waals surface area contributed by atoms with Gasteiger partial charge in [-0.05, 0) is 69.3 Å². The molecule has 0 fully saturated rings. The van der Waals surface area contributed by atoms with Crippen LogP contribution in [0.3, 0.4) is 0 Å². The van der Waals surface area contributed by atoms with Gasteiger partial charge in [-0.3, -0.25) is 14.4 Å². The van der Waals surface area contributed by atoms with Gasteiger partial charge in [0, 0.05) is 28.4 Å². The number of ether oxygens (including phenoxy) is 1. The van der Waals surface area contributed by atoms with Crippen LogP contribution in [0.25, 0.3) is 11.4 Å². The molecular weight excluding hydrogens is 464 g/mol. The Labute approximate surface area is 200 Å². The molecule has 1 N–H and O–H groups in total. The van der Waals surface area contributed by atoms with Crippen LogP contribution in [0, 0.1) is 0 Å². The normalized spacial score (nSPS) is 11.6. The van der Waals surface area contributed by atoms with E-state index in [9.17, 15) is 14.4 Å². The van der Waals surface area contributed by atoms with Gasteiger partial charge in [0.05, 0.1) is 5.75 Å². The van der Waals surface area contributed by atoms with E-state index in [1.807, 2.05) is 23.6 Å². The van der Waals surface area contributed by atoms with Crippen LogP contribution < -0.4 is 5.32 Å². The Kier molecular flexibility index (Phi) is 8.24. The van der Waals surface area contributed by atoms with E-state index in [2.05, 4.69) is 15.5 Å². The van der Waals surface area contributed by atoms with Gasteiger partial charge in [0.15, 0.2) is 22.9 Å². The number of esters is 1. The number of hydrogen-bond acceptors (Lipinski definition) is 7. The molecule has 1 unspecified atom stereocenters. The lowest BCUT2D eigenvalue weighted by Crippen LogP contribution is -2.30. The summed E-state index contributed by atoms with van der Waals surface area (Å²) in [6.07, 6.45) is -0.987. The average molecular weight is 487 g/mol. The van der Waals surface area contributed by atoms with Crippen molar-refractivity contribution in [2.45, 2.75) is 38.6 Å². The number of amides is 1. The minimum absolute atomic E-state index is 0.0241. The first-order valence-electron chi connectivity index (χ1n) is 10.2. The number of anilines is 1. The van der Waals surface area contributed by atoms with Crippen molar-refractivity contribution in [2.75, 3.05) is 11.1 Å². The monoisotopic (exact) mass is 486 g/mol. The van der Waals surface area contributed by atoms with Crippen molar-refractivity contribution < 1.29 is 19.1 Å². The van der Waals surface area contributed by atoms with Crippen LogP contribution in [0.1, 0.15) is 31.1 Å². The highest BCUT2D eigenvalue weighted by Crippen LogP contribution is 2.25. The summed E-state index contributed by atoms with van der Waals surface area (Å²) < 4.78 is 7.14. The van der Waals surface area contributed by atoms with Crippen LogP contribution in [0.5, 0.6) is 0 Å². The third kappa shape index (κ3) is 6.43. The Bertz CT molecular complexity index is 1150. The fourth-order valence-corrected chi connectivity index (χ4v) is 3.84. The maximum absolute atomic E-state index is 12.3. The maximum atomic E-state index is 12.3. The topological polar surface area (TPSA) is 103 Å². The zero-order valence-corrected chi connectivity index (χ0v) is 19.9. The van der Waals surface area contributed by atoms with E-state index in [1.165, 1.54) is 25.6 Å². The molecule has 0 radical (unpaired) electrons. The lowest BCUT2D eigenvalue weighted by atomic mass is 10.1. The van der Waals surface area contributed by atoms with Crippen molar-refractivity contribution in [3.8, 4) is 11.4 Å². The first-order chi connectivity index (χ1) is 15.8. The fraction of sp³-hybridized carbons (Fsp3) is 0.261. The number of carbonyl (C=O) groups is 3. The molecule has 0 bridgehead atoms. The van der Waals surface area contributed by atoms with Crippen LogP contribution >= 0.6 is 23.4 Å². The number of ketones is 1. The van der Waals surface area contributed by atoms with E-state index in [1.54, 1.807) is 36.4 Å². The molecule has 172 valence electrons. The van der Waals surface area contributed by atoms with Crippen molar-refractivity contribution >= 4 is 46.7 Å². The lowest BCUT2D eigenvalue weighted by Gasteiger charge is -2.13. The molecule has 0 saturated carbocycles. The van der Waals surface area contributed by atoms with Gasteiger partial charge >= 0.3 is 5.97 Å². The zero-order chi connectivity index (χ0) is 24.0. The second kappa shape index (κ2) is 11.1. The van der Waals surface area contributed by atoms with Gasteiger partial charge < -0.3 is 14.6 Å². The number of hydrogen-bond donors (Lipinski definition) is 1. The molecular formula is C23H23ClN4O4S. The van der Waals surface area contributed by atoms with Gasteiger partial charge in [-0.15, -0.1) is 10.2 Å². The van der Waals surface area contributed by atoms with E-state index in [4.69, 9.17) is 16.3 Å². The first kappa shape index (κ1) is 24.5. The van der Waals surface area contributed by atoms with Crippen molar-refractivity contribution in [2.24, 2.45) is 0 Å². The number of thioether (sulfide) groups is 1. The molecule has 1 amide bonds. The summed E-state index contributed by atoms with van der Waals surface area (Å²) in [5, 5.41) is 12.3. The molecule has 3 aromatic rings. The van der Waals surface area contributed by atoms with Gasteiger partial charge in [-0.1, -0.05) is 23.4 Å². The van der Waals surface area contributed by atoms with E-state index in [0.29, 0.717) is 33.8 Å². The number of nitrogens with zero attached hydrogens (tertiary/aromatic N) is 3. The van der Waals surface area contributed by atoms with Gasteiger partial charge in [0.2, 0.25) is 0 Å². The third-order valence-corrected chi connectivity index (χ3v) is 5.88. The third-order valence-electron chi connectivity index (χ3n) is 4.69. The van der Waals surface area contributed by atoms with E-state index in [-0.39, 0.29) is 11.5 Å². The smallest absolute Gasteiger partial charge is 0.317 e. The molecule has 1 heterocycles. The molecule has 0 spiro atoms. The van der Waals surface area contributed by atoms with Crippen LogP contribution in [0.15, 0.2) is 53.7 Å². The van der Waals surface area contributed by atoms with Crippen LogP contribution in [-0.2, 0) is 20.9 Å². The Morgan fingerprint density at radius 2 is 1.76 bits per heavy atom. The van der Waals surface area contributed by atoms with E-state index < -0.39 is 18.0 Å². The van der Waals surface area contributed by atoms with Crippen molar-refractivity contribution in [3.05, 3.63) is 59.1 Å². The van der Waals surface area contributed by atoms with Crippen molar-refractivity contribution in [3.63, 3.8) is 0 Å². The highest BCUT2D eigenvalue weighted by atomic mass is 35.5. The number of halogens is 1. The lowest BCUT2D eigenvalue weighted by molar-refractivity contribution is -0.150. The minimum atomic E-state index is -0.987. The summed E-state index contributed by atoms with van der Waals surface area (Å²) >= 11 is 7.14. The van der Waals surface area contributed by atoms with E-state index in [0.717, 1.165) is 5.56 Å². The highest BCUT2D eigenvalue weighted by molar-refractivity contribution is 7.99. The fourth-order valence-electron chi connectivity index (χ4n) is 2.93. The number of carbonyl (C=O) groups excluding carboxylic acids is 3. The summed E-state index contributed by atoms with van der Waals surface area (Å²) in [5.41, 5.74) is 1.92. The molecule has 2 aromatic carbocycles. The van der Waals surface area contributed by atoms with Crippen LogP contribution in [0.2, 0.25) is 5.02 Å². The van der Waals surface area contributed by atoms with Crippen LogP contribution in [0.4, 0.5) is 5.69 Å². The summed E-state index contributed by atoms with van der Waals surface area (Å²) in [5.74, 6) is -0.427. The Hall–Kier alpha value is -3.17. The molecule has 1 atom stereocenters. The Morgan fingerprint density at radius 3 is 2.36 bits per heavy atom. The maximum Gasteiger partial charge on any atom is 0.317 e. The number of aromatic nitrogens is 3. The molecule has 0 saturated heterocycles. The van der Waals surface area contributed by atoms with Gasteiger partial charge in [-0.2, -0.15) is 0 Å². The molecule has 33 heavy (non-hydrogen) atoms. The molecule has 3 rings (SSSR count). The Morgan fingerprint density at radius 1 is 1.09 bits per heavy atom. The standard InChI is InChI=1S/C23H23ClN4O4S/c1-4-28-21(17-5-9-18(24)10-6-17)26-27-23(28)33-13-20(30)32-15(3)22(31)25-19-11-7-16(8-12-19)14(2)29/h5-12,15H,4,13H2,1-3H3,(H,25,31). The van der Waals surface area contributed by atoms with Crippen molar-refractivity contribution in [1.29, 1.82) is 0 Å². The van der Waals surface area contributed by atoms with E-state index >= 15 is 0 Å². The van der Waals surface area contributed by atoms with Gasteiger partial charge in [0.25, 0.3) is 5.91 Å². The first-order valence-corrected chi connectivity index (χ1v) is 11.6. The SMILES string of the molecule is CCn1c(SCC(=O)OC(C)C(=O)Nc2ccc(C(C)=O)cc2)nnc1-c1ccc(Cl)cc1. The molecule has 10 heteroatoms. The molecule has 1 aromatic heterocycles. The largest absolute Gasteiger partial charge is 0.452 e. The summed E-state index contributed by atoms with van der Waals surface area (Å²) in [7, 11) is 0. The predicted octanol–water partition coefficient (Wildman–Crippen LogP) is 4.48. The zero-order valence-electron chi connectivity index (χ0n) is 18.4. The minimum Gasteiger partial charge on any atom is -0.452 e. The summed E-state index contributed by atoms with van der Waals surface area (Å²) in [6.45, 7) is 5.54. The molecule has 8 nitrogen and oxygen atoms in total. The number of rotatable bonds is 9. The molecule has 0 aliphatic rings. The quantitative estimate of drug-likeness (QED) is 0.270. The predicted molar refractivity (Wildman–Crippen MR) is 127 cm³/mol. The summed E-state index contributed by atoms with van der Waals surface area (Å²) in [4.78, 5) is 35.9. The number of nitrogens with one attached hydrogen (secondary N) is 1. The Balaban J connectivity index is 1.54.